The summed E-state index contributed by atoms with van der Waals surface area (Å²) in [5.74, 6) is -1.17. The molecular formula is C9H17F3N2O2. The second-order valence-electron chi connectivity index (χ2n) is 3.62. The lowest BCUT2D eigenvalue weighted by molar-refractivity contribution is -0.193. The summed E-state index contributed by atoms with van der Waals surface area (Å²) in [6, 6.07) is 0. The molecule has 0 aliphatic rings. The molecule has 0 saturated heterocycles. The van der Waals surface area contributed by atoms with Crippen LogP contribution in [-0.4, -0.2) is 49.3 Å². The molecule has 1 unspecified atom stereocenters. The van der Waals surface area contributed by atoms with Crippen molar-refractivity contribution in [1.29, 1.82) is 0 Å². The molecule has 0 fully saturated rings. The predicted molar refractivity (Wildman–Crippen MR) is 52.8 cm³/mol. The van der Waals surface area contributed by atoms with Crippen molar-refractivity contribution >= 4 is 5.91 Å². The van der Waals surface area contributed by atoms with Crippen LogP contribution in [0, 0.1) is 0 Å². The molecule has 0 aromatic heterocycles. The Hall–Kier alpha value is -0.820. The van der Waals surface area contributed by atoms with Gasteiger partial charge in [-0.2, -0.15) is 13.2 Å². The monoisotopic (exact) mass is 242 g/mol. The summed E-state index contributed by atoms with van der Waals surface area (Å²) in [5.41, 5.74) is 2.13. The quantitative estimate of drug-likeness (QED) is 0.724. The van der Waals surface area contributed by atoms with Crippen LogP contribution in [-0.2, 0) is 9.53 Å². The van der Waals surface area contributed by atoms with E-state index in [4.69, 9.17) is 10.5 Å². The minimum atomic E-state index is -4.76. The fraction of sp³-hybridized carbons (Fsp3) is 0.889. The number of amides is 1. The van der Waals surface area contributed by atoms with Crippen LogP contribution in [0.15, 0.2) is 0 Å². The lowest BCUT2D eigenvalue weighted by Crippen LogP contribution is -2.61. The van der Waals surface area contributed by atoms with Gasteiger partial charge >= 0.3 is 6.18 Å². The summed E-state index contributed by atoms with van der Waals surface area (Å²) < 4.78 is 42.2. The molecule has 0 bridgehead atoms. The normalized spacial score (nSPS) is 15.7. The Balaban J connectivity index is 4.43. The summed E-state index contributed by atoms with van der Waals surface area (Å²) >= 11 is 0. The zero-order valence-corrected chi connectivity index (χ0v) is 9.60. The summed E-state index contributed by atoms with van der Waals surface area (Å²) in [7, 11) is 1.26. The number of carbonyl (C=O) groups is 1. The van der Waals surface area contributed by atoms with Crippen LogP contribution in [0.2, 0.25) is 0 Å². The number of rotatable bonds is 5. The lowest BCUT2D eigenvalue weighted by atomic mass is 10.0. The van der Waals surface area contributed by atoms with E-state index in [0.717, 1.165) is 4.90 Å². The lowest BCUT2D eigenvalue weighted by Gasteiger charge is -2.30. The van der Waals surface area contributed by atoms with E-state index in [1.807, 2.05) is 0 Å². The van der Waals surface area contributed by atoms with E-state index < -0.39 is 17.6 Å². The molecule has 0 aromatic rings. The second kappa shape index (κ2) is 5.49. The number of nitrogens with zero attached hydrogens (tertiary/aromatic N) is 1. The molecule has 1 atom stereocenters. The van der Waals surface area contributed by atoms with Crippen molar-refractivity contribution < 1.29 is 22.7 Å². The maximum Gasteiger partial charge on any atom is 0.415 e. The van der Waals surface area contributed by atoms with Crippen molar-refractivity contribution in [1.82, 2.24) is 4.90 Å². The third kappa shape index (κ3) is 3.64. The van der Waals surface area contributed by atoms with Crippen LogP contribution in [0.4, 0.5) is 13.2 Å². The summed E-state index contributed by atoms with van der Waals surface area (Å²) in [6.07, 6.45) is -4.76. The number of ether oxygens (including phenoxy) is 1. The Bertz CT molecular complexity index is 241. The van der Waals surface area contributed by atoms with Crippen molar-refractivity contribution in [3.05, 3.63) is 0 Å². The van der Waals surface area contributed by atoms with E-state index >= 15 is 0 Å². The number of hydrogen-bond acceptors (Lipinski definition) is 3. The zero-order valence-electron chi connectivity index (χ0n) is 9.60. The standard InChI is InChI=1S/C9H17F3N2O2/c1-4-16-6-5-14(3)7(15)8(2,13)9(10,11)12/h4-6,13H2,1-3H3. The highest BCUT2D eigenvalue weighted by Crippen LogP contribution is 2.29. The molecule has 7 heteroatoms. The molecule has 2 N–H and O–H groups in total. The molecule has 0 aromatic carbocycles. The fourth-order valence-electron chi connectivity index (χ4n) is 0.965. The predicted octanol–water partition coefficient (Wildman–Crippen LogP) is 0.761. The largest absolute Gasteiger partial charge is 0.415 e. The third-order valence-corrected chi connectivity index (χ3v) is 2.16. The molecule has 0 saturated carbocycles. The van der Waals surface area contributed by atoms with Crippen LogP contribution in [0.1, 0.15) is 13.8 Å². The van der Waals surface area contributed by atoms with E-state index in [1.165, 1.54) is 7.05 Å². The van der Waals surface area contributed by atoms with Gasteiger partial charge in [0, 0.05) is 20.2 Å². The number of nitrogens with two attached hydrogens (primary N) is 1. The number of halogens is 3. The van der Waals surface area contributed by atoms with Gasteiger partial charge in [-0.3, -0.25) is 4.79 Å². The van der Waals surface area contributed by atoms with E-state index in [-0.39, 0.29) is 13.2 Å². The Morgan fingerprint density at radius 1 is 1.44 bits per heavy atom. The molecule has 0 aliphatic heterocycles. The summed E-state index contributed by atoms with van der Waals surface area (Å²) in [5, 5.41) is 0. The number of carbonyl (C=O) groups excluding carboxylic acids is 1. The number of alkyl halides is 3. The van der Waals surface area contributed by atoms with E-state index in [2.05, 4.69) is 0 Å². The van der Waals surface area contributed by atoms with Gasteiger partial charge in [0.25, 0.3) is 5.91 Å². The smallest absolute Gasteiger partial charge is 0.380 e. The van der Waals surface area contributed by atoms with Crippen LogP contribution in [0.25, 0.3) is 0 Å². The highest BCUT2D eigenvalue weighted by Gasteiger charge is 2.54. The first kappa shape index (κ1) is 15.2. The van der Waals surface area contributed by atoms with Gasteiger partial charge in [0.15, 0.2) is 5.54 Å². The maximum atomic E-state index is 12.4. The SMILES string of the molecule is CCOCCN(C)C(=O)C(C)(N)C(F)(F)F. The molecule has 96 valence electrons. The maximum absolute atomic E-state index is 12.4. The zero-order chi connectivity index (χ0) is 13.0. The van der Waals surface area contributed by atoms with Crippen LogP contribution >= 0.6 is 0 Å². The van der Waals surface area contributed by atoms with Gasteiger partial charge in [-0.1, -0.05) is 0 Å². The molecule has 0 aliphatic carbocycles. The Kier molecular flexibility index (Phi) is 5.21. The Morgan fingerprint density at radius 3 is 2.31 bits per heavy atom. The van der Waals surface area contributed by atoms with Crippen molar-refractivity contribution in [3.63, 3.8) is 0 Å². The van der Waals surface area contributed by atoms with E-state index in [9.17, 15) is 18.0 Å². The first-order valence-corrected chi connectivity index (χ1v) is 4.83. The second-order valence-corrected chi connectivity index (χ2v) is 3.62. The first-order valence-electron chi connectivity index (χ1n) is 4.83. The van der Waals surface area contributed by atoms with Gasteiger partial charge in [0.1, 0.15) is 0 Å². The number of hydrogen-bond donors (Lipinski definition) is 1. The van der Waals surface area contributed by atoms with E-state index in [1.54, 1.807) is 6.92 Å². The van der Waals surface area contributed by atoms with Gasteiger partial charge in [-0.25, -0.2) is 0 Å². The van der Waals surface area contributed by atoms with Crippen LogP contribution in [0.3, 0.4) is 0 Å². The summed E-state index contributed by atoms with van der Waals surface area (Å²) in [4.78, 5) is 12.4. The van der Waals surface area contributed by atoms with Crippen molar-refractivity contribution in [2.75, 3.05) is 26.8 Å². The van der Waals surface area contributed by atoms with Gasteiger partial charge < -0.3 is 15.4 Å². The van der Waals surface area contributed by atoms with Crippen molar-refractivity contribution in [2.45, 2.75) is 25.6 Å². The molecule has 0 radical (unpaired) electrons. The highest BCUT2D eigenvalue weighted by atomic mass is 19.4. The highest BCUT2D eigenvalue weighted by molar-refractivity contribution is 5.86. The van der Waals surface area contributed by atoms with Crippen LogP contribution < -0.4 is 5.73 Å². The average Bonchev–Trinajstić information content (AvgIpc) is 2.15. The molecular weight excluding hydrogens is 225 g/mol. The topological polar surface area (TPSA) is 55.6 Å². The average molecular weight is 242 g/mol. The summed E-state index contributed by atoms with van der Waals surface area (Å²) in [6.45, 7) is 3.13. The molecule has 16 heavy (non-hydrogen) atoms. The van der Waals surface area contributed by atoms with Gasteiger partial charge in [-0.15, -0.1) is 0 Å². The molecule has 0 spiro atoms. The Labute approximate surface area is 92.5 Å². The van der Waals surface area contributed by atoms with E-state index in [0.29, 0.717) is 13.5 Å². The fourth-order valence-corrected chi connectivity index (χ4v) is 0.965. The van der Waals surface area contributed by atoms with Crippen molar-refractivity contribution in [2.24, 2.45) is 5.73 Å². The van der Waals surface area contributed by atoms with Gasteiger partial charge in [0.2, 0.25) is 0 Å². The minimum Gasteiger partial charge on any atom is -0.380 e. The van der Waals surface area contributed by atoms with Crippen molar-refractivity contribution in [3.8, 4) is 0 Å². The third-order valence-electron chi connectivity index (χ3n) is 2.16. The van der Waals surface area contributed by atoms with Gasteiger partial charge in [-0.05, 0) is 13.8 Å². The Morgan fingerprint density at radius 2 is 1.94 bits per heavy atom. The molecule has 1 amide bonds. The van der Waals surface area contributed by atoms with Gasteiger partial charge in [0.05, 0.1) is 6.61 Å². The molecule has 0 rings (SSSR count). The van der Waals surface area contributed by atoms with Crippen LogP contribution in [0.5, 0.6) is 0 Å². The number of likely N-dealkylation sites (N-methyl/N-ethyl adjacent to an activating group) is 1. The molecule has 4 nitrogen and oxygen atoms in total. The molecule has 0 heterocycles. The first-order chi connectivity index (χ1) is 7.14. The minimum absolute atomic E-state index is 0.0789.